The highest BCUT2D eigenvalue weighted by atomic mass is 35.5. The van der Waals surface area contributed by atoms with Crippen molar-refractivity contribution in [1.82, 2.24) is 16.1 Å². The lowest BCUT2D eigenvalue weighted by Crippen LogP contribution is -2.47. The normalized spacial score (nSPS) is 18.2. The molecule has 1 aliphatic rings. The van der Waals surface area contributed by atoms with Crippen LogP contribution in [0.2, 0.25) is 5.02 Å². The summed E-state index contributed by atoms with van der Waals surface area (Å²) in [6.07, 6.45) is -14.4. The first-order chi connectivity index (χ1) is 19.8. The highest BCUT2D eigenvalue weighted by Crippen LogP contribution is 2.49. The van der Waals surface area contributed by atoms with Crippen LogP contribution in [-0.4, -0.2) is 36.8 Å². The lowest BCUT2D eigenvalue weighted by Gasteiger charge is -2.29. The molecule has 0 aliphatic carbocycles. The number of carbonyl (C=O) groups excluding carboxylic acids is 2. The molecule has 2 atom stereocenters. The zero-order valence-electron chi connectivity index (χ0n) is 21.6. The fourth-order valence-electron chi connectivity index (χ4n) is 4.36. The molecule has 2 unspecified atom stereocenters. The molecular weight excluding hydrogens is 621 g/mol. The molecule has 0 saturated carbocycles. The Labute approximate surface area is 241 Å². The number of hydrogen-bond acceptors (Lipinski definition) is 4. The van der Waals surface area contributed by atoms with Crippen molar-refractivity contribution in [1.29, 1.82) is 0 Å². The molecule has 2 amide bonds. The first kappa shape index (κ1) is 31.9. The number of hydrogen-bond donors (Lipinski definition) is 3. The molecule has 6 nitrogen and oxygen atoms in total. The third-order valence-electron chi connectivity index (χ3n) is 6.41. The summed E-state index contributed by atoms with van der Waals surface area (Å²) in [6.45, 7) is -0.457. The number of hydroxylamine groups is 1. The third-order valence-corrected chi connectivity index (χ3v) is 6.63. The summed E-state index contributed by atoms with van der Waals surface area (Å²) >= 11 is 5.74. The van der Waals surface area contributed by atoms with E-state index in [1.54, 1.807) is 5.32 Å². The third kappa shape index (κ3) is 6.67. The fraction of sp³-hybridized carbons (Fsp3) is 0.259. The van der Waals surface area contributed by atoms with Crippen LogP contribution >= 0.6 is 11.6 Å². The Balaban J connectivity index is 1.73. The lowest BCUT2D eigenvalue weighted by molar-refractivity contribution is -0.269. The summed E-state index contributed by atoms with van der Waals surface area (Å²) in [5.74, 6) is -1.98. The molecule has 3 N–H and O–H groups in total. The van der Waals surface area contributed by atoms with E-state index in [2.05, 4.69) is 10.8 Å². The van der Waals surface area contributed by atoms with Crippen LogP contribution in [0.25, 0.3) is 16.5 Å². The molecule has 230 valence electrons. The Morgan fingerprint density at radius 1 is 0.953 bits per heavy atom. The molecule has 0 aromatic heterocycles. The van der Waals surface area contributed by atoms with E-state index in [1.807, 2.05) is 0 Å². The predicted octanol–water partition coefficient (Wildman–Crippen LogP) is 6.64. The van der Waals surface area contributed by atoms with Crippen molar-refractivity contribution in [2.45, 2.75) is 37.1 Å². The molecule has 4 rings (SSSR count). The average Bonchev–Trinajstić information content (AvgIpc) is 3.37. The molecular formula is C27H19ClF9N3O3. The molecule has 3 aromatic carbocycles. The molecule has 1 heterocycles. The number of rotatable bonds is 6. The van der Waals surface area contributed by atoms with Crippen molar-refractivity contribution < 1.29 is 53.9 Å². The second-order valence-electron chi connectivity index (χ2n) is 9.46. The highest BCUT2D eigenvalue weighted by molar-refractivity contribution is 6.30. The molecule has 43 heavy (non-hydrogen) atoms. The van der Waals surface area contributed by atoms with Crippen molar-refractivity contribution in [3.8, 4) is 0 Å². The van der Waals surface area contributed by atoms with Gasteiger partial charge in [-0.15, -0.1) is 0 Å². The summed E-state index contributed by atoms with van der Waals surface area (Å²) in [7, 11) is 0. The first-order valence-electron chi connectivity index (χ1n) is 12.1. The number of halogens is 10. The second-order valence-corrected chi connectivity index (χ2v) is 9.89. The molecule has 0 radical (unpaired) electrons. The summed E-state index contributed by atoms with van der Waals surface area (Å²) in [6, 6.07) is 8.37. The van der Waals surface area contributed by atoms with E-state index < -0.39 is 64.7 Å². The Hall–Kier alpha value is -3.98. The quantitative estimate of drug-likeness (QED) is 0.264. The van der Waals surface area contributed by atoms with Gasteiger partial charge in [0, 0.05) is 21.7 Å². The van der Waals surface area contributed by atoms with Gasteiger partial charge in [0.15, 0.2) is 0 Å². The number of nitrogens with one attached hydrogen (secondary N) is 3. The van der Waals surface area contributed by atoms with Crippen LogP contribution in [0.5, 0.6) is 0 Å². The van der Waals surface area contributed by atoms with Crippen molar-refractivity contribution in [2.24, 2.45) is 0 Å². The van der Waals surface area contributed by atoms with Gasteiger partial charge in [-0.1, -0.05) is 41.9 Å². The summed E-state index contributed by atoms with van der Waals surface area (Å²) in [5.41, 5.74) is -3.93. The highest BCUT2D eigenvalue weighted by Gasteiger charge is 2.60. The second kappa shape index (κ2) is 11.3. The summed E-state index contributed by atoms with van der Waals surface area (Å²) in [5, 5.41) is 3.67. The topological polar surface area (TPSA) is 79.5 Å². The van der Waals surface area contributed by atoms with Crippen LogP contribution in [0.3, 0.4) is 0 Å². The molecule has 0 spiro atoms. The minimum atomic E-state index is -5.27. The van der Waals surface area contributed by atoms with Crippen molar-refractivity contribution in [2.75, 3.05) is 6.54 Å². The SMILES string of the molecule is CC(NC(=O)c1ccc(C2=CC(c3cc(Cl)cc(C(F)(F)F)c3)(C(F)(F)F)ON2)c2ccccc12)C(=O)NCC(F)(F)F. The summed E-state index contributed by atoms with van der Waals surface area (Å²) in [4.78, 5) is 29.9. The Kier molecular flexibility index (Phi) is 8.37. The molecule has 3 aromatic rings. The number of amides is 2. The summed E-state index contributed by atoms with van der Waals surface area (Å²) < 4.78 is 121. The van der Waals surface area contributed by atoms with Crippen molar-refractivity contribution in [3.05, 3.63) is 87.9 Å². The van der Waals surface area contributed by atoms with Crippen LogP contribution in [0, 0.1) is 0 Å². The van der Waals surface area contributed by atoms with Gasteiger partial charge < -0.3 is 10.6 Å². The van der Waals surface area contributed by atoms with Crippen LogP contribution in [0.4, 0.5) is 39.5 Å². The van der Waals surface area contributed by atoms with Crippen LogP contribution < -0.4 is 16.1 Å². The zero-order chi connectivity index (χ0) is 32.0. The van der Waals surface area contributed by atoms with Crippen LogP contribution in [0.15, 0.2) is 60.7 Å². The van der Waals surface area contributed by atoms with Crippen molar-refractivity contribution >= 4 is 39.9 Å². The van der Waals surface area contributed by atoms with E-state index in [9.17, 15) is 49.1 Å². The van der Waals surface area contributed by atoms with Gasteiger partial charge in [-0.25, -0.2) is 0 Å². The van der Waals surface area contributed by atoms with Gasteiger partial charge in [0.05, 0.1) is 11.3 Å². The minimum absolute atomic E-state index is 0.0623. The average molecular weight is 640 g/mol. The molecule has 1 aliphatic heterocycles. The maximum Gasteiger partial charge on any atom is 0.428 e. The Bertz CT molecular complexity index is 1600. The van der Waals surface area contributed by atoms with Gasteiger partial charge in [0.2, 0.25) is 11.5 Å². The standard InChI is InChI=1S/C27H19ClF9N3O3/c1-13(22(41)38-12-25(29,30)31)39-23(42)20-7-6-19(17-4-2-3-5-18(17)20)21-11-24(43-40-21,27(35,36)37)14-8-15(26(32,33)34)10-16(28)9-14/h2-11,13,40H,12H2,1H3,(H,38,41)(H,39,42). The van der Waals surface area contributed by atoms with Gasteiger partial charge in [0.25, 0.3) is 5.91 Å². The molecule has 0 bridgehead atoms. The van der Waals surface area contributed by atoms with Gasteiger partial charge in [-0.05, 0) is 48.0 Å². The zero-order valence-corrected chi connectivity index (χ0v) is 22.3. The molecule has 0 fully saturated rings. The maximum absolute atomic E-state index is 14.5. The fourth-order valence-corrected chi connectivity index (χ4v) is 4.59. The van der Waals surface area contributed by atoms with E-state index in [0.29, 0.717) is 18.2 Å². The Morgan fingerprint density at radius 3 is 2.21 bits per heavy atom. The number of benzene rings is 3. The smallest absolute Gasteiger partial charge is 0.345 e. The van der Waals surface area contributed by atoms with E-state index in [0.717, 1.165) is 6.92 Å². The monoisotopic (exact) mass is 639 g/mol. The Morgan fingerprint density at radius 2 is 1.60 bits per heavy atom. The predicted molar refractivity (Wildman–Crippen MR) is 136 cm³/mol. The number of carbonyl (C=O) groups is 2. The lowest BCUT2D eigenvalue weighted by atomic mass is 9.89. The van der Waals surface area contributed by atoms with E-state index in [-0.39, 0.29) is 33.7 Å². The van der Waals surface area contributed by atoms with Crippen molar-refractivity contribution in [3.63, 3.8) is 0 Å². The van der Waals surface area contributed by atoms with Gasteiger partial charge >= 0.3 is 18.5 Å². The minimum Gasteiger partial charge on any atom is -0.345 e. The van der Waals surface area contributed by atoms with E-state index in [4.69, 9.17) is 16.4 Å². The molecule has 0 saturated heterocycles. The number of fused-ring (bicyclic) bond motifs is 1. The van der Waals surface area contributed by atoms with Crippen LogP contribution in [0.1, 0.15) is 34.0 Å². The van der Waals surface area contributed by atoms with Crippen LogP contribution in [-0.2, 0) is 21.4 Å². The van der Waals surface area contributed by atoms with Gasteiger partial charge in [-0.3, -0.25) is 19.9 Å². The molecule has 16 heteroatoms. The number of alkyl halides is 9. The van der Waals surface area contributed by atoms with Gasteiger partial charge in [-0.2, -0.15) is 39.5 Å². The van der Waals surface area contributed by atoms with E-state index in [1.165, 1.54) is 36.4 Å². The first-order valence-corrected chi connectivity index (χ1v) is 12.5. The maximum atomic E-state index is 14.5. The van der Waals surface area contributed by atoms with E-state index >= 15 is 0 Å². The largest absolute Gasteiger partial charge is 0.428 e. The van der Waals surface area contributed by atoms with Gasteiger partial charge in [0.1, 0.15) is 12.6 Å².